The Bertz CT molecular complexity index is 499. The summed E-state index contributed by atoms with van der Waals surface area (Å²) in [6, 6.07) is 2.54. The predicted molar refractivity (Wildman–Crippen MR) is 52.7 cm³/mol. The van der Waals surface area contributed by atoms with E-state index in [1.165, 1.54) is 17.0 Å². The molecule has 1 aliphatic heterocycles. The molecule has 0 fully saturated rings. The van der Waals surface area contributed by atoms with Crippen LogP contribution in [0.2, 0.25) is 0 Å². The molecule has 2 aromatic rings. The molecule has 2 aromatic heterocycles. The summed E-state index contributed by atoms with van der Waals surface area (Å²) in [6.07, 6.45) is 8.02. The first-order valence-corrected chi connectivity index (χ1v) is 4.80. The maximum absolute atomic E-state index is 4.18. The number of nitrogens with zero attached hydrogens (tertiary/aromatic N) is 3. The van der Waals surface area contributed by atoms with Crippen LogP contribution in [-0.2, 0) is 7.05 Å². The Labute approximate surface area is 82.6 Å². The van der Waals surface area contributed by atoms with E-state index < -0.39 is 0 Å². The summed E-state index contributed by atoms with van der Waals surface area (Å²) in [7, 11) is 2.07. The molecule has 1 unspecified atom stereocenters. The topological polar surface area (TPSA) is 21.7 Å². The zero-order valence-corrected chi connectivity index (χ0v) is 8.31. The Morgan fingerprint density at radius 3 is 3.21 bits per heavy atom. The summed E-state index contributed by atoms with van der Waals surface area (Å²) in [4.78, 5) is 4.18. The number of rotatable bonds is 0. The molecule has 0 saturated heterocycles. The van der Waals surface area contributed by atoms with E-state index >= 15 is 0 Å². The van der Waals surface area contributed by atoms with Gasteiger partial charge < -0.3 is 0 Å². The fourth-order valence-electron chi connectivity index (χ4n) is 2.24. The third-order valence-electron chi connectivity index (χ3n) is 2.99. The lowest BCUT2D eigenvalue weighted by Crippen LogP contribution is -2.27. The van der Waals surface area contributed by atoms with Crippen molar-refractivity contribution in [2.24, 2.45) is 7.05 Å². The number of imidazole rings is 1. The lowest BCUT2D eigenvalue weighted by Gasteiger charge is -2.00. The van der Waals surface area contributed by atoms with Gasteiger partial charge in [0.2, 0.25) is 0 Å². The van der Waals surface area contributed by atoms with E-state index in [1.54, 1.807) is 0 Å². The monoisotopic (exact) mass is 186 g/mol. The number of fused-ring (bicyclic) bond motifs is 3. The first kappa shape index (κ1) is 7.74. The van der Waals surface area contributed by atoms with E-state index in [4.69, 9.17) is 0 Å². The quantitative estimate of drug-likeness (QED) is 0.568. The minimum Gasteiger partial charge on any atom is -0.264 e. The van der Waals surface area contributed by atoms with Gasteiger partial charge in [-0.15, -0.1) is 0 Å². The third kappa shape index (κ3) is 0.769. The Morgan fingerprint density at radius 1 is 1.50 bits per heavy atom. The van der Waals surface area contributed by atoms with Crippen molar-refractivity contribution in [1.29, 1.82) is 0 Å². The minimum absolute atomic E-state index is 0.434. The van der Waals surface area contributed by atoms with Crippen LogP contribution in [0.25, 0.3) is 11.4 Å². The van der Waals surface area contributed by atoms with Gasteiger partial charge in [0, 0.05) is 18.0 Å². The predicted octanol–water partition coefficient (Wildman–Crippen LogP) is 1.30. The number of aryl methyl sites for hydroxylation is 1. The van der Waals surface area contributed by atoms with Gasteiger partial charge in [0.1, 0.15) is 18.4 Å². The zero-order chi connectivity index (χ0) is 9.71. The van der Waals surface area contributed by atoms with Crippen LogP contribution in [0.5, 0.6) is 0 Å². The molecule has 0 spiro atoms. The van der Waals surface area contributed by atoms with Gasteiger partial charge in [-0.25, -0.2) is 9.13 Å². The van der Waals surface area contributed by atoms with E-state index in [2.05, 4.69) is 46.5 Å². The van der Waals surface area contributed by atoms with Crippen molar-refractivity contribution >= 4 is 0 Å². The first-order valence-electron chi connectivity index (χ1n) is 4.80. The molecular weight excluding hydrogens is 174 g/mol. The smallest absolute Gasteiger partial charge is 0.264 e. The van der Waals surface area contributed by atoms with Gasteiger partial charge in [0.15, 0.2) is 0 Å². The normalized spacial score (nSPS) is 18.0. The van der Waals surface area contributed by atoms with Crippen LogP contribution in [-0.4, -0.2) is 9.55 Å². The summed E-state index contributed by atoms with van der Waals surface area (Å²) in [5, 5.41) is 0. The highest BCUT2D eigenvalue weighted by atomic mass is 15.2. The molecule has 1 atom stereocenters. The average molecular weight is 186 g/mol. The van der Waals surface area contributed by atoms with Crippen LogP contribution < -0.4 is 4.57 Å². The summed E-state index contributed by atoms with van der Waals surface area (Å²) < 4.78 is 4.43. The molecule has 3 heteroatoms. The lowest BCUT2D eigenvalue weighted by molar-refractivity contribution is -0.659. The van der Waals surface area contributed by atoms with Gasteiger partial charge in [-0.3, -0.25) is 4.98 Å². The fourth-order valence-corrected chi connectivity index (χ4v) is 2.24. The second-order valence-electron chi connectivity index (χ2n) is 3.78. The minimum atomic E-state index is 0.434. The Kier molecular flexibility index (Phi) is 1.35. The van der Waals surface area contributed by atoms with Crippen LogP contribution in [0, 0.1) is 0 Å². The average Bonchev–Trinajstić information content (AvgIpc) is 2.70. The van der Waals surface area contributed by atoms with Crippen molar-refractivity contribution in [3.05, 3.63) is 36.4 Å². The number of aromatic nitrogens is 3. The van der Waals surface area contributed by atoms with E-state index in [0.29, 0.717) is 6.04 Å². The number of hydrogen-bond donors (Lipinski definition) is 0. The third-order valence-corrected chi connectivity index (χ3v) is 2.99. The molecule has 0 amide bonds. The summed E-state index contributed by atoms with van der Waals surface area (Å²) in [5.41, 5.74) is 2.62. The van der Waals surface area contributed by atoms with E-state index in [9.17, 15) is 0 Å². The molecule has 0 radical (unpaired) electrons. The van der Waals surface area contributed by atoms with E-state index in [0.717, 1.165) is 0 Å². The van der Waals surface area contributed by atoms with E-state index in [-0.39, 0.29) is 0 Å². The molecule has 3 heterocycles. The molecule has 0 bridgehead atoms. The standard InChI is InChI=1S/C11H12N3/c1-8-9-3-4-12-7-10(9)11-13(2)5-6-14(8)11/h3-8H,1-2H3/q+1. The highest BCUT2D eigenvalue weighted by Gasteiger charge is 2.33. The molecule has 0 saturated carbocycles. The maximum atomic E-state index is 4.18. The van der Waals surface area contributed by atoms with Gasteiger partial charge in [0.25, 0.3) is 5.82 Å². The number of hydrogen-bond acceptors (Lipinski definition) is 1. The summed E-state index contributed by atoms with van der Waals surface area (Å²) in [6.45, 7) is 2.22. The zero-order valence-electron chi connectivity index (χ0n) is 8.31. The highest BCUT2D eigenvalue weighted by Crippen LogP contribution is 2.35. The van der Waals surface area contributed by atoms with Crippen LogP contribution in [0.15, 0.2) is 30.9 Å². The SMILES string of the molecule is CC1c2ccncc2-c2n1cc[n+]2C. The summed E-state index contributed by atoms with van der Waals surface area (Å²) in [5.74, 6) is 1.25. The van der Waals surface area contributed by atoms with Crippen LogP contribution >= 0.6 is 0 Å². The second-order valence-corrected chi connectivity index (χ2v) is 3.78. The van der Waals surface area contributed by atoms with Gasteiger partial charge >= 0.3 is 0 Å². The molecule has 3 nitrogen and oxygen atoms in total. The van der Waals surface area contributed by atoms with E-state index in [1.807, 2.05) is 12.4 Å². The lowest BCUT2D eigenvalue weighted by atomic mass is 10.1. The van der Waals surface area contributed by atoms with Crippen molar-refractivity contribution in [2.75, 3.05) is 0 Å². The molecule has 3 rings (SSSR count). The van der Waals surface area contributed by atoms with Crippen LogP contribution in [0.3, 0.4) is 0 Å². The highest BCUT2D eigenvalue weighted by molar-refractivity contribution is 5.62. The Balaban J connectivity index is 2.38. The molecular formula is C11H12N3+. The maximum Gasteiger partial charge on any atom is 0.291 e. The van der Waals surface area contributed by atoms with Gasteiger partial charge in [-0.05, 0) is 13.0 Å². The first-order chi connectivity index (χ1) is 6.79. The largest absolute Gasteiger partial charge is 0.291 e. The Hall–Kier alpha value is -1.64. The van der Waals surface area contributed by atoms with Gasteiger partial charge in [0.05, 0.1) is 12.6 Å². The van der Waals surface area contributed by atoms with Gasteiger partial charge in [-0.2, -0.15) is 0 Å². The van der Waals surface area contributed by atoms with Crippen molar-refractivity contribution in [3.8, 4) is 11.4 Å². The van der Waals surface area contributed by atoms with Crippen LogP contribution in [0.4, 0.5) is 0 Å². The van der Waals surface area contributed by atoms with Crippen molar-refractivity contribution in [2.45, 2.75) is 13.0 Å². The molecule has 1 aliphatic rings. The second kappa shape index (κ2) is 2.44. The van der Waals surface area contributed by atoms with Crippen molar-refractivity contribution in [3.63, 3.8) is 0 Å². The van der Waals surface area contributed by atoms with Crippen molar-refractivity contribution in [1.82, 2.24) is 9.55 Å². The van der Waals surface area contributed by atoms with Crippen LogP contribution in [0.1, 0.15) is 18.5 Å². The molecule has 0 aromatic carbocycles. The molecule has 70 valence electrons. The fraction of sp³-hybridized carbons (Fsp3) is 0.273. The molecule has 14 heavy (non-hydrogen) atoms. The Morgan fingerprint density at radius 2 is 2.36 bits per heavy atom. The summed E-state index contributed by atoms with van der Waals surface area (Å²) >= 11 is 0. The molecule has 0 N–H and O–H groups in total. The van der Waals surface area contributed by atoms with Crippen molar-refractivity contribution < 1.29 is 4.57 Å². The van der Waals surface area contributed by atoms with Gasteiger partial charge in [-0.1, -0.05) is 0 Å². The molecule has 0 aliphatic carbocycles. The number of pyridine rings is 1.